The molecule has 0 aliphatic carbocycles. The molecule has 0 saturated heterocycles. The van der Waals surface area contributed by atoms with Gasteiger partial charge in [0.2, 0.25) is 0 Å². The third-order valence-corrected chi connectivity index (χ3v) is 2.45. The maximum atomic E-state index is 9.09. The number of hydrogen-bond donors (Lipinski definition) is 2. The number of nitrogens with one attached hydrogen (secondary N) is 1. The first-order valence-electron chi connectivity index (χ1n) is 5.69. The van der Waals surface area contributed by atoms with Gasteiger partial charge in [0.25, 0.3) is 0 Å². The Balaban J connectivity index is 2.47. The molecule has 0 fully saturated rings. The fraction of sp³-hybridized carbons (Fsp3) is 0.538. The van der Waals surface area contributed by atoms with E-state index >= 15 is 0 Å². The van der Waals surface area contributed by atoms with Crippen LogP contribution in [-0.4, -0.2) is 30.9 Å². The summed E-state index contributed by atoms with van der Waals surface area (Å²) in [5.74, 6) is 0.807. The third kappa shape index (κ3) is 4.64. The summed E-state index contributed by atoms with van der Waals surface area (Å²) in [6.45, 7) is 4.20. The highest BCUT2D eigenvalue weighted by molar-refractivity contribution is 5.27. The van der Waals surface area contributed by atoms with Crippen molar-refractivity contribution in [1.82, 2.24) is 5.32 Å². The molecule has 1 rings (SSSR count). The van der Waals surface area contributed by atoms with Crippen LogP contribution in [0.3, 0.4) is 0 Å². The van der Waals surface area contributed by atoms with Gasteiger partial charge < -0.3 is 15.2 Å². The zero-order valence-electron chi connectivity index (χ0n) is 10.2. The van der Waals surface area contributed by atoms with Crippen LogP contribution in [0.1, 0.15) is 19.4 Å². The van der Waals surface area contributed by atoms with Crippen LogP contribution >= 0.6 is 0 Å². The molecule has 2 atom stereocenters. The number of likely N-dealkylation sites (N-methyl/N-ethyl adjacent to an activating group) is 1. The van der Waals surface area contributed by atoms with E-state index in [1.165, 1.54) is 5.56 Å². The average molecular weight is 223 g/mol. The molecule has 0 amide bonds. The second-order valence-electron chi connectivity index (χ2n) is 4.20. The van der Waals surface area contributed by atoms with Crippen LogP contribution in [0.2, 0.25) is 0 Å². The second kappa shape index (κ2) is 6.51. The Bertz CT molecular complexity index is 295. The molecular weight excluding hydrogens is 202 g/mol. The number of rotatable bonds is 6. The van der Waals surface area contributed by atoms with Gasteiger partial charge in [-0.3, -0.25) is 0 Å². The Labute approximate surface area is 97.4 Å². The minimum atomic E-state index is -0.427. The van der Waals surface area contributed by atoms with Gasteiger partial charge in [-0.2, -0.15) is 0 Å². The number of aliphatic hydroxyl groups excluding tert-OH is 1. The van der Waals surface area contributed by atoms with E-state index in [1.54, 1.807) is 6.92 Å². The van der Waals surface area contributed by atoms with Gasteiger partial charge in [-0.25, -0.2) is 0 Å². The maximum Gasteiger partial charge on any atom is 0.119 e. The Morgan fingerprint density at radius 3 is 2.38 bits per heavy atom. The Morgan fingerprint density at radius 2 is 1.88 bits per heavy atom. The lowest BCUT2D eigenvalue weighted by Gasteiger charge is -2.11. The number of aliphatic hydroxyl groups is 1. The van der Waals surface area contributed by atoms with Crippen molar-refractivity contribution in [3.63, 3.8) is 0 Å². The summed E-state index contributed by atoms with van der Waals surface area (Å²) >= 11 is 0. The molecule has 1 aromatic rings. The van der Waals surface area contributed by atoms with E-state index in [4.69, 9.17) is 9.84 Å². The summed E-state index contributed by atoms with van der Waals surface area (Å²) in [6, 6.07) is 8.49. The lowest BCUT2D eigenvalue weighted by Crippen LogP contribution is -2.23. The van der Waals surface area contributed by atoms with Crippen LogP contribution in [0.5, 0.6) is 5.75 Å². The topological polar surface area (TPSA) is 41.5 Å². The first-order valence-corrected chi connectivity index (χ1v) is 5.69. The quantitative estimate of drug-likeness (QED) is 0.769. The summed E-state index contributed by atoms with van der Waals surface area (Å²) in [6.07, 6.45) is 0.580. The summed E-state index contributed by atoms with van der Waals surface area (Å²) in [5.41, 5.74) is 1.28. The molecule has 3 nitrogen and oxygen atoms in total. The lowest BCUT2D eigenvalue weighted by atomic mass is 10.1. The van der Waals surface area contributed by atoms with Gasteiger partial charge in [-0.1, -0.05) is 12.1 Å². The molecular formula is C13H21NO2. The first kappa shape index (κ1) is 13.0. The Hall–Kier alpha value is -1.06. The van der Waals surface area contributed by atoms with E-state index in [2.05, 4.69) is 24.4 Å². The summed E-state index contributed by atoms with van der Waals surface area (Å²) in [7, 11) is 1.96. The van der Waals surface area contributed by atoms with Crippen molar-refractivity contribution >= 4 is 0 Å². The van der Waals surface area contributed by atoms with Gasteiger partial charge >= 0.3 is 0 Å². The van der Waals surface area contributed by atoms with E-state index < -0.39 is 6.10 Å². The van der Waals surface area contributed by atoms with Crippen LogP contribution in [0.25, 0.3) is 0 Å². The molecule has 2 unspecified atom stereocenters. The van der Waals surface area contributed by atoms with Crippen LogP contribution in [0, 0.1) is 0 Å². The van der Waals surface area contributed by atoms with E-state index in [1.807, 2.05) is 19.2 Å². The van der Waals surface area contributed by atoms with Crippen LogP contribution in [0.4, 0.5) is 0 Å². The molecule has 16 heavy (non-hydrogen) atoms. The summed E-state index contributed by atoms with van der Waals surface area (Å²) in [5, 5.41) is 12.3. The Kier molecular flexibility index (Phi) is 5.29. The molecule has 0 spiro atoms. The van der Waals surface area contributed by atoms with Crippen molar-refractivity contribution in [1.29, 1.82) is 0 Å². The van der Waals surface area contributed by atoms with Gasteiger partial charge in [-0.15, -0.1) is 0 Å². The molecule has 0 aromatic heterocycles. The van der Waals surface area contributed by atoms with E-state index in [0.29, 0.717) is 12.6 Å². The SMILES string of the molecule is CNC(C)Cc1ccc(OCC(C)O)cc1. The summed E-state index contributed by atoms with van der Waals surface area (Å²) in [4.78, 5) is 0. The molecule has 0 bridgehead atoms. The molecule has 0 heterocycles. The number of ether oxygens (including phenoxy) is 1. The normalized spacial score (nSPS) is 14.5. The van der Waals surface area contributed by atoms with Crippen LogP contribution < -0.4 is 10.1 Å². The fourth-order valence-corrected chi connectivity index (χ4v) is 1.39. The predicted octanol–water partition coefficient (Wildman–Crippen LogP) is 1.60. The molecule has 0 saturated carbocycles. The lowest BCUT2D eigenvalue weighted by molar-refractivity contribution is 0.122. The second-order valence-corrected chi connectivity index (χ2v) is 4.20. The zero-order chi connectivity index (χ0) is 12.0. The predicted molar refractivity (Wildman–Crippen MR) is 65.8 cm³/mol. The van der Waals surface area contributed by atoms with E-state index in [0.717, 1.165) is 12.2 Å². The van der Waals surface area contributed by atoms with Gasteiger partial charge in [0.05, 0.1) is 6.10 Å². The highest BCUT2D eigenvalue weighted by atomic mass is 16.5. The van der Waals surface area contributed by atoms with Crippen LogP contribution in [0.15, 0.2) is 24.3 Å². The van der Waals surface area contributed by atoms with Crippen LogP contribution in [-0.2, 0) is 6.42 Å². The molecule has 2 N–H and O–H groups in total. The minimum Gasteiger partial charge on any atom is -0.491 e. The Morgan fingerprint density at radius 1 is 1.25 bits per heavy atom. The van der Waals surface area contributed by atoms with Crippen molar-refractivity contribution in [3.8, 4) is 5.75 Å². The van der Waals surface area contributed by atoms with Gasteiger partial charge in [0, 0.05) is 6.04 Å². The van der Waals surface area contributed by atoms with Gasteiger partial charge in [0.15, 0.2) is 0 Å². The summed E-state index contributed by atoms with van der Waals surface area (Å²) < 4.78 is 5.39. The van der Waals surface area contributed by atoms with Crippen molar-refractivity contribution in [2.75, 3.05) is 13.7 Å². The molecule has 90 valence electrons. The van der Waals surface area contributed by atoms with E-state index in [-0.39, 0.29) is 0 Å². The zero-order valence-corrected chi connectivity index (χ0v) is 10.2. The van der Waals surface area contributed by atoms with Crippen molar-refractivity contribution in [3.05, 3.63) is 29.8 Å². The van der Waals surface area contributed by atoms with Crippen molar-refractivity contribution in [2.45, 2.75) is 32.4 Å². The third-order valence-electron chi connectivity index (χ3n) is 2.45. The van der Waals surface area contributed by atoms with Gasteiger partial charge in [0.1, 0.15) is 12.4 Å². The highest BCUT2D eigenvalue weighted by Gasteiger charge is 2.01. The number of benzene rings is 1. The fourth-order valence-electron chi connectivity index (χ4n) is 1.39. The molecule has 3 heteroatoms. The first-order chi connectivity index (χ1) is 7.61. The average Bonchev–Trinajstić information content (AvgIpc) is 2.28. The molecule has 0 aliphatic rings. The highest BCUT2D eigenvalue weighted by Crippen LogP contribution is 2.13. The monoisotopic (exact) mass is 223 g/mol. The van der Waals surface area contributed by atoms with Crippen molar-refractivity contribution < 1.29 is 9.84 Å². The molecule has 0 aliphatic heterocycles. The molecule has 0 radical (unpaired) electrons. The standard InChI is InChI=1S/C13H21NO2/c1-10(14-3)8-12-4-6-13(7-5-12)16-9-11(2)15/h4-7,10-11,14-15H,8-9H2,1-3H3. The van der Waals surface area contributed by atoms with Gasteiger partial charge in [-0.05, 0) is 45.0 Å². The van der Waals surface area contributed by atoms with E-state index in [9.17, 15) is 0 Å². The maximum absolute atomic E-state index is 9.09. The molecule has 1 aromatic carbocycles. The van der Waals surface area contributed by atoms with Crippen molar-refractivity contribution in [2.24, 2.45) is 0 Å². The largest absolute Gasteiger partial charge is 0.491 e. The smallest absolute Gasteiger partial charge is 0.119 e. The minimum absolute atomic E-state index is 0.340. The number of hydrogen-bond acceptors (Lipinski definition) is 3.